The van der Waals surface area contributed by atoms with E-state index in [4.69, 9.17) is 22.7 Å². The quantitative estimate of drug-likeness (QED) is 0.592. The van der Waals surface area contributed by atoms with Crippen LogP contribution in [0.2, 0.25) is 0 Å². The van der Waals surface area contributed by atoms with Gasteiger partial charge in [-0.1, -0.05) is 12.2 Å². The minimum absolute atomic E-state index is 0.0427. The van der Waals surface area contributed by atoms with E-state index in [0.29, 0.717) is 18.0 Å². The molecule has 0 atom stereocenters. The molecule has 1 aliphatic rings. The number of rotatable bonds is 7. The molecule has 1 saturated carbocycles. The zero-order chi connectivity index (χ0) is 13.7. The van der Waals surface area contributed by atoms with Crippen LogP contribution < -0.4 is 11.1 Å². The first kappa shape index (κ1) is 14.0. The van der Waals surface area contributed by atoms with Crippen LogP contribution in [-0.2, 0) is 9.53 Å². The van der Waals surface area contributed by atoms with E-state index in [9.17, 15) is 4.79 Å². The van der Waals surface area contributed by atoms with Crippen molar-refractivity contribution in [2.45, 2.75) is 19.3 Å². The standard InChI is InChI=1S/C14H18N2O2S/c15-14(19)11-3-5-12(6-4-11)16-13(17)7-8-18-9-10-1-2-10/h3-6,10H,1-2,7-9H2,(H2,15,19)(H,16,17). The maximum absolute atomic E-state index is 11.6. The summed E-state index contributed by atoms with van der Waals surface area (Å²) in [4.78, 5) is 12.0. The van der Waals surface area contributed by atoms with Gasteiger partial charge in [-0.2, -0.15) is 0 Å². The van der Waals surface area contributed by atoms with Crippen molar-refractivity contribution >= 4 is 28.8 Å². The molecule has 1 aliphatic carbocycles. The third-order valence-corrected chi connectivity index (χ3v) is 3.21. The van der Waals surface area contributed by atoms with Gasteiger partial charge in [-0.25, -0.2) is 0 Å². The molecule has 1 aromatic rings. The molecule has 0 aliphatic heterocycles. The first-order chi connectivity index (χ1) is 9.15. The molecule has 0 bridgehead atoms. The highest BCUT2D eigenvalue weighted by molar-refractivity contribution is 7.80. The first-order valence-corrected chi connectivity index (χ1v) is 6.83. The fourth-order valence-electron chi connectivity index (χ4n) is 1.64. The Morgan fingerprint density at radius 1 is 1.37 bits per heavy atom. The van der Waals surface area contributed by atoms with Gasteiger partial charge in [0.25, 0.3) is 0 Å². The number of benzene rings is 1. The van der Waals surface area contributed by atoms with E-state index in [1.807, 2.05) is 0 Å². The van der Waals surface area contributed by atoms with E-state index in [2.05, 4.69) is 5.32 Å². The second-order valence-electron chi connectivity index (χ2n) is 4.76. The van der Waals surface area contributed by atoms with Crippen LogP contribution in [0.1, 0.15) is 24.8 Å². The predicted molar refractivity (Wildman–Crippen MR) is 79.1 cm³/mol. The molecule has 3 N–H and O–H groups in total. The maximum atomic E-state index is 11.6. The molecule has 2 rings (SSSR count). The molecule has 19 heavy (non-hydrogen) atoms. The highest BCUT2D eigenvalue weighted by atomic mass is 32.1. The number of nitrogens with two attached hydrogens (primary N) is 1. The molecule has 1 aromatic carbocycles. The van der Waals surface area contributed by atoms with Crippen LogP contribution in [0, 0.1) is 5.92 Å². The predicted octanol–water partition coefficient (Wildman–Crippen LogP) is 2.08. The average Bonchev–Trinajstić information content (AvgIpc) is 3.19. The fourth-order valence-corrected chi connectivity index (χ4v) is 1.78. The molecule has 0 heterocycles. The lowest BCUT2D eigenvalue weighted by Crippen LogP contribution is -2.15. The summed E-state index contributed by atoms with van der Waals surface area (Å²) >= 11 is 4.86. The minimum Gasteiger partial charge on any atom is -0.389 e. The number of nitrogens with one attached hydrogen (secondary N) is 1. The highest BCUT2D eigenvalue weighted by Crippen LogP contribution is 2.28. The molecule has 1 fully saturated rings. The zero-order valence-electron chi connectivity index (χ0n) is 10.7. The summed E-state index contributed by atoms with van der Waals surface area (Å²) in [7, 11) is 0. The monoisotopic (exact) mass is 278 g/mol. The van der Waals surface area contributed by atoms with Crippen molar-refractivity contribution < 1.29 is 9.53 Å². The number of carbonyl (C=O) groups excluding carboxylic acids is 1. The largest absolute Gasteiger partial charge is 0.389 e. The molecule has 102 valence electrons. The van der Waals surface area contributed by atoms with Gasteiger partial charge < -0.3 is 15.8 Å². The van der Waals surface area contributed by atoms with Gasteiger partial charge >= 0.3 is 0 Å². The van der Waals surface area contributed by atoms with Crippen LogP contribution in [0.25, 0.3) is 0 Å². The van der Waals surface area contributed by atoms with Gasteiger partial charge in [0.1, 0.15) is 4.99 Å². The number of ether oxygens (including phenoxy) is 1. The Hall–Kier alpha value is -1.46. The molecule has 0 unspecified atom stereocenters. The summed E-state index contributed by atoms with van der Waals surface area (Å²) < 4.78 is 5.42. The number of carbonyl (C=O) groups is 1. The first-order valence-electron chi connectivity index (χ1n) is 6.42. The summed E-state index contributed by atoms with van der Waals surface area (Å²) in [6.07, 6.45) is 2.91. The minimum atomic E-state index is -0.0427. The molecular formula is C14H18N2O2S. The van der Waals surface area contributed by atoms with Crippen molar-refractivity contribution in [1.29, 1.82) is 0 Å². The highest BCUT2D eigenvalue weighted by Gasteiger charge is 2.21. The molecule has 0 radical (unpaired) electrons. The lowest BCUT2D eigenvalue weighted by atomic mass is 10.2. The van der Waals surface area contributed by atoms with E-state index >= 15 is 0 Å². The Balaban J connectivity index is 1.69. The summed E-state index contributed by atoms with van der Waals surface area (Å²) in [6.45, 7) is 1.27. The van der Waals surface area contributed by atoms with E-state index < -0.39 is 0 Å². The number of amides is 1. The number of hydrogen-bond acceptors (Lipinski definition) is 3. The summed E-state index contributed by atoms with van der Waals surface area (Å²) in [5.41, 5.74) is 7.04. The second-order valence-corrected chi connectivity index (χ2v) is 5.20. The Morgan fingerprint density at radius 2 is 2.05 bits per heavy atom. The van der Waals surface area contributed by atoms with Crippen molar-refractivity contribution in [2.75, 3.05) is 18.5 Å². The van der Waals surface area contributed by atoms with E-state index in [0.717, 1.165) is 23.8 Å². The van der Waals surface area contributed by atoms with Gasteiger partial charge in [0.2, 0.25) is 5.91 Å². The molecule has 5 heteroatoms. The van der Waals surface area contributed by atoms with E-state index in [-0.39, 0.29) is 5.91 Å². The van der Waals surface area contributed by atoms with Crippen LogP contribution in [0.4, 0.5) is 5.69 Å². The van der Waals surface area contributed by atoms with Gasteiger partial charge in [-0.3, -0.25) is 4.79 Å². The summed E-state index contributed by atoms with van der Waals surface area (Å²) in [6, 6.07) is 7.16. The van der Waals surface area contributed by atoms with Crippen molar-refractivity contribution in [1.82, 2.24) is 0 Å². The van der Waals surface area contributed by atoms with Crippen LogP contribution in [-0.4, -0.2) is 24.1 Å². The van der Waals surface area contributed by atoms with Crippen LogP contribution in [0.15, 0.2) is 24.3 Å². The Morgan fingerprint density at radius 3 is 2.63 bits per heavy atom. The lowest BCUT2D eigenvalue weighted by molar-refractivity contribution is -0.117. The molecule has 0 aromatic heterocycles. The van der Waals surface area contributed by atoms with E-state index in [1.54, 1.807) is 24.3 Å². The number of thiocarbonyl (C=S) groups is 1. The second kappa shape index (κ2) is 6.63. The van der Waals surface area contributed by atoms with Crippen molar-refractivity contribution in [3.05, 3.63) is 29.8 Å². The number of hydrogen-bond donors (Lipinski definition) is 2. The summed E-state index contributed by atoms with van der Waals surface area (Å²) in [5, 5.41) is 2.81. The molecule has 4 nitrogen and oxygen atoms in total. The topological polar surface area (TPSA) is 64.3 Å². The average molecular weight is 278 g/mol. The lowest BCUT2D eigenvalue weighted by Gasteiger charge is -2.06. The van der Waals surface area contributed by atoms with Crippen LogP contribution >= 0.6 is 12.2 Å². The van der Waals surface area contributed by atoms with Gasteiger partial charge in [0.15, 0.2) is 0 Å². The Labute approximate surface area is 118 Å². The number of anilines is 1. The van der Waals surface area contributed by atoms with Crippen molar-refractivity contribution in [3.63, 3.8) is 0 Å². The van der Waals surface area contributed by atoms with Crippen molar-refractivity contribution in [2.24, 2.45) is 11.7 Å². The van der Waals surface area contributed by atoms with Crippen LogP contribution in [0.5, 0.6) is 0 Å². The SMILES string of the molecule is NC(=S)c1ccc(NC(=O)CCOCC2CC2)cc1. The molecule has 1 amide bonds. The Bertz CT molecular complexity index is 455. The van der Waals surface area contributed by atoms with Crippen LogP contribution in [0.3, 0.4) is 0 Å². The van der Waals surface area contributed by atoms with Gasteiger partial charge in [-0.05, 0) is 43.0 Å². The summed E-state index contributed by atoms with van der Waals surface area (Å²) in [5.74, 6) is 0.689. The van der Waals surface area contributed by atoms with Gasteiger partial charge in [0.05, 0.1) is 13.0 Å². The molecule has 0 saturated heterocycles. The molecule has 0 spiro atoms. The third-order valence-electron chi connectivity index (χ3n) is 2.98. The molecular weight excluding hydrogens is 260 g/mol. The Kier molecular flexibility index (Phi) is 4.87. The van der Waals surface area contributed by atoms with E-state index in [1.165, 1.54) is 12.8 Å². The maximum Gasteiger partial charge on any atom is 0.226 e. The van der Waals surface area contributed by atoms with Crippen molar-refractivity contribution in [3.8, 4) is 0 Å². The zero-order valence-corrected chi connectivity index (χ0v) is 11.5. The third kappa shape index (κ3) is 4.96. The fraction of sp³-hybridized carbons (Fsp3) is 0.429. The van der Waals surface area contributed by atoms with Gasteiger partial charge in [0, 0.05) is 17.9 Å². The normalized spacial score (nSPS) is 14.1. The smallest absolute Gasteiger partial charge is 0.226 e. The van der Waals surface area contributed by atoms with Gasteiger partial charge in [-0.15, -0.1) is 0 Å².